The molecule has 1 atom stereocenters. The highest BCUT2D eigenvalue weighted by molar-refractivity contribution is 8.00. The normalized spacial score (nSPS) is 12.2. The van der Waals surface area contributed by atoms with Gasteiger partial charge in [0.05, 0.1) is 18.0 Å². The Hall–Kier alpha value is -2.12. The number of anilines is 1. The van der Waals surface area contributed by atoms with E-state index in [2.05, 4.69) is 29.1 Å². The first-order valence-electron chi connectivity index (χ1n) is 8.23. The van der Waals surface area contributed by atoms with E-state index in [9.17, 15) is 4.79 Å². The molecule has 1 aromatic carbocycles. The second-order valence-electron chi connectivity index (χ2n) is 6.10. The average molecular weight is 388 g/mol. The third-order valence-electron chi connectivity index (χ3n) is 4.20. The molecular weight excluding hydrogens is 366 g/mol. The van der Waals surface area contributed by atoms with E-state index in [-0.39, 0.29) is 11.2 Å². The molecule has 0 aliphatic rings. The summed E-state index contributed by atoms with van der Waals surface area (Å²) in [5, 5.41) is 4.55. The SMILES string of the molecule is COc1ccc(C)cc1NC(=O)[C@H](C)Sc1ncnc2sc(C)c(C)c12. The molecule has 0 saturated carbocycles. The molecule has 0 bridgehead atoms. The molecule has 0 saturated heterocycles. The second kappa shape index (κ2) is 7.63. The topological polar surface area (TPSA) is 64.1 Å². The zero-order valence-electron chi connectivity index (χ0n) is 15.4. The molecule has 0 aliphatic carbocycles. The molecule has 3 rings (SSSR count). The molecule has 7 heteroatoms. The molecule has 3 aromatic rings. The monoisotopic (exact) mass is 387 g/mol. The Morgan fingerprint density at radius 1 is 1.27 bits per heavy atom. The van der Waals surface area contributed by atoms with Crippen LogP contribution in [0.3, 0.4) is 0 Å². The van der Waals surface area contributed by atoms with Gasteiger partial charge in [-0.25, -0.2) is 9.97 Å². The summed E-state index contributed by atoms with van der Waals surface area (Å²) in [5.74, 6) is 0.560. The molecule has 1 amide bonds. The summed E-state index contributed by atoms with van der Waals surface area (Å²) in [7, 11) is 1.60. The number of aryl methyl sites for hydroxylation is 3. The van der Waals surface area contributed by atoms with Gasteiger partial charge in [0.1, 0.15) is 21.9 Å². The van der Waals surface area contributed by atoms with Crippen molar-refractivity contribution in [3.05, 3.63) is 40.5 Å². The molecule has 26 heavy (non-hydrogen) atoms. The van der Waals surface area contributed by atoms with E-state index < -0.39 is 0 Å². The fourth-order valence-electron chi connectivity index (χ4n) is 2.61. The van der Waals surface area contributed by atoms with Crippen molar-refractivity contribution >= 4 is 44.9 Å². The van der Waals surface area contributed by atoms with E-state index >= 15 is 0 Å². The average Bonchev–Trinajstić information content (AvgIpc) is 2.90. The summed E-state index contributed by atoms with van der Waals surface area (Å²) in [6.07, 6.45) is 1.56. The number of amides is 1. The molecule has 0 radical (unpaired) electrons. The standard InChI is InChI=1S/C19H21N3O2S2/c1-10-6-7-15(24-5)14(8-10)22-17(23)13(4)26-19-16-11(2)12(3)25-18(16)20-9-21-19/h6-9,13H,1-5H3,(H,22,23)/t13-/m0/s1. The van der Waals surface area contributed by atoms with Crippen molar-refractivity contribution in [1.29, 1.82) is 0 Å². The Balaban J connectivity index is 1.81. The lowest BCUT2D eigenvalue weighted by atomic mass is 10.2. The van der Waals surface area contributed by atoms with Gasteiger partial charge in [-0.2, -0.15) is 0 Å². The number of thioether (sulfide) groups is 1. The largest absolute Gasteiger partial charge is 0.495 e. The number of nitrogens with zero attached hydrogens (tertiary/aromatic N) is 2. The lowest BCUT2D eigenvalue weighted by Crippen LogP contribution is -2.23. The number of hydrogen-bond acceptors (Lipinski definition) is 6. The van der Waals surface area contributed by atoms with Crippen LogP contribution in [0.4, 0.5) is 5.69 Å². The van der Waals surface area contributed by atoms with Crippen molar-refractivity contribution in [3.63, 3.8) is 0 Å². The lowest BCUT2D eigenvalue weighted by Gasteiger charge is -2.15. The van der Waals surface area contributed by atoms with Gasteiger partial charge in [0.15, 0.2) is 0 Å². The molecule has 2 aromatic heterocycles. The van der Waals surface area contributed by atoms with Crippen molar-refractivity contribution in [2.45, 2.75) is 38.0 Å². The zero-order valence-corrected chi connectivity index (χ0v) is 17.0. The lowest BCUT2D eigenvalue weighted by molar-refractivity contribution is -0.115. The number of thiophene rings is 1. The number of carbonyl (C=O) groups is 1. The predicted molar refractivity (Wildman–Crippen MR) is 109 cm³/mol. The van der Waals surface area contributed by atoms with Crippen molar-refractivity contribution < 1.29 is 9.53 Å². The number of benzene rings is 1. The van der Waals surface area contributed by atoms with Gasteiger partial charge in [-0.05, 0) is 51.0 Å². The van der Waals surface area contributed by atoms with Crippen molar-refractivity contribution in [1.82, 2.24) is 9.97 Å². The third kappa shape index (κ3) is 3.68. The van der Waals surface area contributed by atoms with Crippen LogP contribution in [-0.4, -0.2) is 28.2 Å². The Labute approximate surface area is 161 Å². The van der Waals surface area contributed by atoms with E-state index in [1.54, 1.807) is 24.8 Å². The highest BCUT2D eigenvalue weighted by Crippen LogP contribution is 2.36. The fourth-order valence-corrected chi connectivity index (χ4v) is 4.65. The van der Waals surface area contributed by atoms with Crippen LogP contribution in [0.15, 0.2) is 29.6 Å². The summed E-state index contributed by atoms with van der Waals surface area (Å²) in [5.41, 5.74) is 2.92. The van der Waals surface area contributed by atoms with E-state index in [1.165, 1.54) is 22.2 Å². The minimum atomic E-state index is -0.307. The third-order valence-corrected chi connectivity index (χ3v) is 6.42. The number of rotatable bonds is 5. The van der Waals surface area contributed by atoms with E-state index in [0.717, 1.165) is 20.8 Å². The van der Waals surface area contributed by atoms with Crippen LogP contribution in [0.25, 0.3) is 10.2 Å². The van der Waals surface area contributed by atoms with Crippen molar-refractivity contribution in [2.24, 2.45) is 0 Å². The maximum atomic E-state index is 12.7. The molecule has 0 spiro atoms. The molecule has 0 fully saturated rings. The fraction of sp³-hybridized carbons (Fsp3) is 0.316. The number of aromatic nitrogens is 2. The van der Waals surface area contributed by atoms with Gasteiger partial charge in [-0.3, -0.25) is 4.79 Å². The summed E-state index contributed by atoms with van der Waals surface area (Å²) in [4.78, 5) is 23.6. The maximum absolute atomic E-state index is 12.7. The van der Waals surface area contributed by atoms with Crippen LogP contribution in [0.5, 0.6) is 5.75 Å². The first-order chi connectivity index (χ1) is 12.4. The Morgan fingerprint density at radius 2 is 2.04 bits per heavy atom. The Kier molecular flexibility index (Phi) is 5.48. The first-order valence-corrected chi connectivity index (χ1v) is 9.93. The minimum absolute atomic E-state index is 0.0877. The first kappa shape index (κ1) is 18.7. The quantitative estimate of drug-likeness (QED) is 0.506. The molecule has 5 nitrogen and oxygen atoms in total. The molecule has 2 heterocycles. The van der Waals surface area contributed by atoms with Crippen LogP contribution < -0.4 is 10.1 Å². The molecule has 136 valence electrons. The molecule has 0 aliphatic heterocycles. The zero-order chi connectivity index (χ0) is 18.8. The van der Waals surface area contributed by atoms with Gasteiger partial charge in [-0.15, -0.1) is 11.3 Å². The highest BCUT2D eigenvalue weighted by Gasteiger charge is 2.20. The van der Waals surface area contributed by atoms with Crippen LogP contribution in [0.2, 0.25) is 0 Å². The van der Waals surface area contributed by atoms with Crippen LogP contribution in [0, 0.1) is 20.8 Å². The van der Waals surface area contributed by atoms with E-state index in [4.69, 9.17) is 4.74 Å². The van der Waals surface area contributed by atoms with Gasteiger partial charge in [0, 0.05) is 10.3 Å². The molecular formula is C19H21N3O2S2. The molecule has 1 N–H and O–H groups in total. The number of carbonyl (C=O) groups excluding carboxylic acids is 1. The van der Waals surface area contributed by atoms with Gasteiger partial charge in [0.25, 0.3) is 0 Å². The van der Waals surface area contributed by atoms with Gasteiger partial charge >= 0.3 is 0 Å². The van der Waals surface area contributed by atoms with Crippen molar-refractivity contribution in [3.8, 4) is 5.75 Å². The maximum Gasteiger partial charge on any atom is 0.237 e. The molecule has 0 unspecified atom stereocenters. The second-order valence-corrected chi connectivity index (χ2v) is 8.63. The van der Waals surface area contributed by atoms with Crippen LogP contribution in [-0.2, 0) is 4.79 Å². The number of ether oxygens (including phenoxy) is 1. The summed E-state index contributed by atoms with van der Waals surface area (Å²) in [6, 6.07) is 5.71. The van der Waals surface area contributed by atoms with E-state index in [0.29, 0.717) is 11.4 Å². The van der Waals surface area contributed by atoms with Gasteiger partial charge < -0.3 is 10.1 Å². The number of methoxy groups -OCH3 is 1. The van der Waals surface area contributed by atoms with Gasteiger partial charge in [-0.1, -0.05) is 17.8 Å². The minimum Gasteiger partial charge on any atom is -0.495 e. The van der Waals surface area contributed by atoms with E-state index in [1.807, 2.05) is 32.0 Å². The summed E-state index contributed by atoms with van der Waals surface area (Å²) < 4.78 is 5.33. The smallest absolute Gasteiger partial charge is 0.237 e. The van der Waals surface area contributed by atoms with Crippen LogP contribution in [0.1, 0.15) is 22.9 Å². The Morgan fingerprint density at radius 3 is 2.77 bits per heavy atom. The Bertz CT molecular complexity index is 969. The van der Waals surface area contributed by atoms with Crippen LogP contribution >= 0.6 is 23.1 Å². The number of hydrogen-bond donors (Lipinski definition) is 1. The summed E-state index contributed by atoms with van der Waals surface area (Å²) in [6.45, 7) is 8.01. The predicted octanol–water partition coefficient (Wildman–Crippen LogP) is 4.74. The summed E-state index contributed by atoms with van der Waals surface area (Å²) >= 11 is 3.10. The van der Waals surface area contributed by atoms with Gasteiger partial charge in [0.2, 0.25) is 5.91 Å². The van der Waals surface area contributed by atoms with Crippen molar-refractivity contribution in [2.75, 3.05) is 12.4 Å². The number of fused-ring (bicyclic) bond motifs is 1. The number of nitrogens with one attached hydrogen (secondary N) is 1. The highest BCUT2D eigenvalue weighted by atomic mass is 32.2.